The molecule has 3 heterocycles. The molecule has 0 bridgehead atoms. The summed E-state index contributed by atoms with van der Waals surface area (Å²) in [6.45, 7) is 0. The second kappa shape index (κ2) is 8.66. The molecule has 0 radical (unpaired) electrons. The Bertz CT molecular complexity index is 1440. The molecule has 0 saturated carbocycles. The molecule has 180 valence electrons. The van der Waals surface area contributed by atoms with Gasteiger partial charge in [0.1, 0.15) is 6.04 Å². The summed E-state index contributed by atoms with van der Waals surface area (Å²) in [6, 6.07) is 17.6. The molecule has 9 heteroatoms. The van der Waals surface area contributed by atoms with Crippen LogP contribution in [0.25, 0.3) is 6.08 Å². The van der Waals surface area contributed by atoms with E-state index in [9.17, 15) is 14.4 Å². The Kier molecular flexibility index (Phi) is 5.56. The second-order valence-corrected chi connectivity index (χ2v) is 10.3. The number of carbonyl (C=O) groups is 3. The van der Waals surface area contributed by atoms with Crippen LogP contribution in [0.3, 0.4) is 0 Å². The van der Waals surface area contributed by atoms with Gasteiger partial charge in [-0.05, 0) is 59.7 Å². The first-order chi connectivity index (χ1) is 17.3. The standard InChI is InChI=1S/C27H18Cl3N3O3/c28-15-5-7-18(8-6-15)31-25(34)24-22-21(23-20-4-2-1-3-14(20)9-10-32(23)24)26(35)33(27(22)36)19-12-16(29)11-17(30)13-19/h1-13,21-24H,(H,31,34)/t21-,22+,23?,24-/m1/s1. The van der Waals surface area contributed by atoms with Gasteiger partial charge in [0.25, 0.3) is 0 Å². The zero-order valence-corrected chi connectivity index (χ0v) is 20.8. The van der Waals surface area contributed by atoms with Crippen LogP contribution in [0.5, 0.6) is 0 Å². The average molecular weight is 539 g/mol. The zero-order valence-electron chi connectivity index (χ0n) is 18.6. The Balaban J connectivity index is 1.45. The van der Waals surface area contributed by atoms with E-state index in [0.29, 0.717) is 26.4 Å². The molecule has 2 saturated heterocycles. The lowest BCUT2D eigenvalue weighted by Crippen LogP contribution is -2.46. The molecule has 1 N–H and O–H groups in total. The van der Waals surface area contributed by atoms with E-state index in [-0.39, 0.29) is 11.8 Å². The largest absolute Gasteiger partial charge is 0.357 e. The fourth-order valence-electron chi connectivity index (χ4n) is 5.53. The van der Waals surface area contributed by atoms with E-state index in [2.05, 4.69) is 5.32 Å². The lowest BCUT2D eigenvalue weighted by molar-refractivity contribution is -0.128. The van der Waals surface area contributed by atoms with Crippen LogP contribution in [-0.4, -0.2) is 28.7 Å². The Hall–Kier alpha value is -3.32. The number of carbonyl (C=O) groups excluding carboxylic acids is 3. The minimum absolute atomic E-state index is 0.292. The maximum absolute atomic E-state index is 13.9. The normalized spacial score (nSPS) is 24.0. The first-order valence-corrected chi connectivity index (χ1v) is 12.4. The number of nitrogens with one attached hydrogen (secondary N) is 1. The molecule has 3 aromatic carbocycles. The van der Waals surface area contributed by atoms with Gasteiger partial charge < -0.3 is 10.2 Å². The number of imide groups is 1. The Morgan fingerprint density at radius 1 is 0.806 bits per heavy atom. The van der Waals surface area contributed by atoms with Crippen molar-refractivity contribution in [3.63, 3.8) is 0 Å². The van der Waals surface area contributed by atoms with Crippen molar-refractivity contribution in [1.82, 2.24) is 4.90 Å². The van der Waals surface area contributed by atoms with Crippen LogP contribution in [-0.2, 0) is 14.4 Å². The van der Waals surface area contributed by atoms with Gasteiger partial charge in [-0.2, -0.15) is 0 Å². The molecule has 3 aromatic rings. The van der Waals surface area contributed by atoms with Crippen molar-refractivity contribution in [1.29, 1.82) is 0 Å². The number of benzene rings is 3. The van der Waals surface area contributed by atoms with Gasteiger partial charge in [-0.1, -0.05) is 59.1 Å². The van der Waals surface area contributed by atoms with Crippen molar-refractivity contribution in [3.05, 3.63) is 99.1 Å². The smallest absolute Gasteiger partial charge is 0.247 e. The number of anilines is 2. The van der Waals surface area contributed by atoms with E-state index in [4.69, 9.17) is 34.8 Å². The molecule has 1 unspecified atom stereocenters. The summed E-state index contributed by atoms with van der Waals surface area (Å²) in [5, 5.41) is 4.04. The molecule has 6 nitrogen and oxygen atoms in total. The minimum Gasteiger partial charge on any atom is -0.357 e. The minimum atomic E-state index is -0.906. The van der Waals surface area contributed by atoms with Gasteiger partial charge in [0.2, 0.25) is 17.7 Å². The van der Waals surface area contributed by atoms with Gasteiger partial charge in [0.05, 0.1) is 23.6 Å². The molecule has 4 atom stereocenters. The molecule has 3 amide bonds. The maximum atomic E-state index is 13.9. The molecule has 0 aromatic heterocycles. The monoisotopic (exact) mass is 537 g/mol. The summed E-state index contributed by atoms with van der Waals surface area (Å²) in [7, 11) is 0. The Morgan fingerprint density at radius 3 is 2.19 bits per heavy atom. The lowest BCUT2D eigenvalue weighted by Gasteiger charge is -2.35. The Labute approximate surface area is 222 Å². The van der Waals surface area contributed by atoms with E-state index in [1.807, 2.05) is 35.2 Å². The summed E-state index contributed by atoms with van der Waals surface area (Å²) in [6.07, 6.45) is 3.71. The highest BCUT2D eigenvalue weighted by Crippen LogP contribution is 2.53. The maximum Gasteiger partial charge on any atom is 0.247 e. The van der Waals surface area contributed by atoms with Gasteiger partial charge in [0.15, 0.2) is 0 Å². The van der Waals surface area contributed by atoms with Gasteiger partial charge in [-0.15, -0.1) is 0 Å². The molecule has 3 aliphatic heterocycles. The van der Waals surface area contributed by atoms with E-state index in [1.54, 1.807) is 30.5 Å². The molecule has 36 heavy (non-hydrogen) atoms. The number of rotatable bonds is 3. The average Bonchev–Trinajstić information content (AvgIpc) is 3.32. The van der Waals surface area contributed by atoms with E-state index in [0.717, 1.165) is 16.0 Å². The molecule has 6 rings (SSSR count). The van der Waals surface area contributed by atoms with Crippen LogP contribution in [0.1, 0.15) is 17.2 Å². The molecule has 0 aliphatic carbocycles. The highest BCUT2D eigenvalue weighted by Gasteiger charge is 2.64. The van der Waals surface area contributed by atoms with Crippen LogP contribution in [0.4, 0.5) is 11.4 Å². The fraction of sp³-hybridized carbons (Fsp3) is 0.148. The zero-order chi connectivity index (χ0) is 25.1. The van der Waals surface area contributed by atoms with Gasteiger partial charge in [-0.25, -0.2) is 4.90 Å². The third-order valence-corrected chi connectivity index (χ3v) is 7.64. The first kappa shape index (κ1) is 23.1. The number of amides is 3. The third kappa shape index (κ3) is 3.60. The van der Waals surface area contributed by atoms with Crippen molar-refractivity contribution in [2.45, 2.75) is 12.1 Å². The summed E-state index contributed by atoms with van der Waals surface area (Å²) in [5.41, 5.74) is 2.67. The van der Waals surface area contributed by atoms with Gasteiger partial charge in [-0.3, -0.25) is 14.4 Å². The number of halogens is 3. The Morgan fingerprint density at radius 2 is 1.47 bits per heavy atom. The molecule has 0 spiro atoms. The van der Waals surface area contributed by atoms with Crippen LogP contribution in [0, 0.1) is 11.8 Å². The topological polar surface area (TPSA) is 69.7 Å². The lowest BCUT2D eigenvalue weighted by atomic mass is 9.84. The third-order valence-electron chi connectivity index (χ3n) is 6.95. The van der Waals surface area contributed by atoms with Crippen LogP contribution < -0.4 is 10.2 Å². The van der Waals surface area contributed by atoms with Crippen molar-refractivity contribution in [3.8, 4) is 0 Å². The van der Waals surface area contributed by atoms with Crippen molar-refractivity contribution in [2.24, 2.45) is 11.8 Å². The van der Waals surface area contributed by atoms with Crippen molar-refractivity contribution in [2.75, 3.05) is 10.2 Å². The van der Waals surface area contributed by atoms with Crippen LogP contribution in [0.2, 0.25) is 15.1 Å². The molecular weight excluding hydrogens is 521 g/mol. The quantitative estimate of drug-likeness (QED) is 0.428. The summed E-state index contributed by atoms with van der Waals surface area (Å²) < 4.78 is 0. The SMILES string of the molecule is O=C(Nc1ccc(Cl)cc1)[C@H]1[C@H]2C(=O)N(c3cc(Cl)cc(Cl)c3)C(=O)[C@H]2C2c3ccccc3C=CN21. The highest BCUT2D eigenvalue weighted by atomic mass is 35.5. The molecular formula is C27H18Cl3N3O3. The number of hydrogen-bond donors (Lipinski definition) is 1. The fourth-order valence-corrected chi connectivity index (χ4v) is 6.17. The summed E-state index contributed by atoms with van der Waals surface area (Å²) in [4.78, 5) is 44.4. The molecule has 3 aliphatic rings. The van der Waals surface area contributed by atoms with Gasteiger partial charge in [0, 0.05) is 27.0 Å². The second-order valence-electron chi connectivity index (χ2n) is 8.97. The number of hydrogen-bond acceptors (Lipinski definition) is 4. The first-order valence-electron chi connectivity index (χ1n) is 11.3. The summed E-state index contributed by atoms with van der Waals surface area (Å²) in [5.74, 6) is -2.89. The van der Waals surface area contributed by atoms with Gasteiger partial charge >= 0.3 is 0 Å². The predicted octanol–water partition coefficient (Wildman–Crippen LogP) is 5.80. The van der Waals surface area contributed by atoms with Crippen molar-refractivity contribution < 1.29 is 14.4 Å². The summed E-state index contributed by atoms with van der Waals surface area (Å²) >= 11 is 18.3. The number of nitrogens with zero attached hydrogens (tertiary/aromatic N) is 2. The van der Waals surface area contributed by atoms with Crippen LogP contribution >= 0.6 is 34.8 Å². The van der Waals surface area contributed by atoms with E-state index in [1.165, 1.54) is 18.2 Å². The van der Waals surface area contributed by atoms with E-state index >= 15 is 0 Å². The van der Waals surface area contributed by atoms with Crippen LogP contribution in [0.15, 0.2) is 72.9 Å². The number of fused-ring (bicyclic) bond motifs is 5. The van der Waals surface area contributed by atoms with E-state index < -0.39 is 29.8 Å². The highest BCUT2D eigenvalue weighted by molar-refractivity contribution is 6.36. The van der Waals surface area contributed by atoms with Crippen molar-refractivity contribution >= 4 is 70.0 Å². The molecule has 2 fully saturated rings. The predicted molar refractivity (Wildman–Crippen MR) is 140 cm³/mol.